The molecule has 4 aliphatic heterocycles. The summed E-state index contributed by atoms with van der Waals surface area (Å²) in [5, 5.41) is 0. The van der Waals surface area contributed by atoms with Crippen LogP contribution >= 0.6 is 0 Å². The third-order valence-corrected chi connectivity index (χ3v) is 15.5. The number of likely N-dealkylation sites (tertiary alicyclic amines) is 4. The van der Waals surface area contributed by atoms with Gasteiger partial charge in [-0.05, 0) is 127 Å². The molecule has 0 aliphatic carbocycles. The minimum atomic E-state index is -1.50. The highest BCUT2D eigenvalue weighted by atomic mass is 16.6. The second-order valence-corrected chi connectivity index (χ2v) is 22.6. The van der Waals surface area contributed by atoms with Gasteiger partial charge in [-0.3, -0.25) is 29.0 Å². The van der Waals surface area contributed by atoms with E-state index in [1.807, 2.05) is 60.7 Å². The normalized spacial score (nSPS) is 23.9. The molecule has 0 radical (unpaired) electrons. The van der Waals surface area contributed by atoms with Crippen LogP contribution in [0.15, 0.2) is 120 Å². The van der Waals surface area contributed by atoms with E-state index in [1.54, 1.807) is 116 Å². The molecule has 4 fully saturated rings. The second-order valence-electron chi connectivity index (χ2n) is 22.6. The molecule has 5 aromatic rings. The van der Waals surface area contributed by atoms with Crippen molar-refractivity contribution in [3.8, 4) is 22.8 Å². The fraction of sp³-hybridized carbons (Fsp3) is 0.441. The Kier molecular flexibility index (Phi) is 14.0. The molecule has 16 nitrogen and oxygen atoms in total. The zero-order chi connectivity index (χ0) is 53.6. The molecule has 0 spiro atoms. The first-order valence-corrected chi connectivity index (χ1v) is 26.1. The van der Waals surface area contributed by atoms with Crippen LogP contribution < -0.4 is 11.5 Å². The average Bonchev–Trinajstić information content (AvgIpc) is 4.24. The Labute approximate surface area is 438 Å². The van der Waals surface area contributed by atoms with E-state index in [1.165, 1.54) is 0 Å². The van der Waals surface area contributed by atoms with Gasteiger partial charge in [-0.25, -0.2) is 14.6 Å². The SMILES string of the molecule is CC(C)(C)OC(=O)N1CCCC1(Cc1ccccc1)C(=O)N1CCC[C@@]1(C(N)=O)c1ccc(-c2cnc(-c3ccc([C@]4(C(N)=O)CCCN4C(=O)C4(Cc5ccccc5)CCCN4C(=O)OC(C)(C)C)cc3)o2)cc1. The molecule has 75 heavy (non-hydrogen) atoms. The summed E-state index contributed by atoms with van der Waals surface area (Å²) < 4.78 is 18.1. The van der Waals surface area contributed by atoms with Gasteiger partial charge in [0.05, 0.1) is 6.20 Å². The molecule has 0 bridgehead atoms. The number of aromatic nitrogens is 1. The highest BCUT2D eigenvalue weighted by molar-refractivity contribution is 5.99. The van der Waals surface area contributed by atoms with Gasteiger partial charge < -0.3 is 35.2 Å². The number of hydrogen-bond acceptors (Lipinski definition) is 10. The van der Waals surface area contributed by atoms with Crippen molar-refractivity contribution >= 4 is 35.8 Å². The van der Waals surface area contributed by atoms with Gasteiger partial charge in [0.15, 0.2) is 5.76 Å². The number of amides is 6. The maximum Gasteiger partial charge on any atom is 0.411 e. The monoisotopic (exact) mass is 1020 g/mol. The molecular formula is C59H69N7O9. The van der Waals surface area contributed by atoms with Gasteiger partial charge in [0, 0.05) is 50.1 Å². The number of carbonyl (C=O) groups excluding carboxylic acids is 6. The summed E-state index contributed by atoms with van der Waals surface area (Å²) in [4.78, 5) is 97.2. The molecule has 4 atom stereocenters. The Bertz CT molecular complexity index is 2750. The number of nitrogens with two attached hydrogens (primary N) is 2. The first kappa shape index (κ1) is 52.4. The first-order valence-electron chi connectivity index (χ1n) is 26.1. The molecule has 4 aliphatic rings. The summed E-state index contributed by atoms with van der Waals surface area (Å²) in [5.41, 5.74) is 9.56. The minimum absolute atomic E-state index is 0.238. The van der Waals surface area contributed by atoms with Crippen molar-refractivity contribution in [3.05, 3.63) is 138 Å². The van der Waals surface area contributed by atoms with Crippen LogP contribution in [0.2, 0.25) is 0 Å². The topological polar surface area (TPSA) is 212 Å². The smallest absolute Gasteiger partial charge is 0.411 e. The van der Waals surface area contributed by atoms with Gasteiger partial charge in [-0.2, -0.15) is 0 Å². The summed E-state index contributed by atoms with van der Waals surface area (Å²) >= 11 is 0. The summed E-state index contributed by atoms with van der Waals surface area (Å²) in [6.07, 6.45) is 4.46. The Morgan fingerprint density at radius 2 is 0.893 bits per heavy atom. The lowest BCUT2D eigenvalue weighted by Crippen LogP contribution is -2.64. The highest BCUT2D eigenvalue weighted by Crippen LogP contribution is 2.47. The van der Waals surface area contributed by atoms with Gasteiger partial charge in [0.25, 0.3) is 0 Å². The highest BCUT2D eigenvalue weighted by Gasteiger charge is 2.61. The largest absolute Gasteiger partial charge is 0.444 e. The van der Waals surface area contributed by atoms with E-state index in [0.29, 0.717) is 98.4 Å². The van der Waals surface area contributed by atoms with E-state index in [0.717, 1.165) is 11.1 Å². The number of nitrogens with zero attached hydrogens (tertiary/aromatic N) is 5. The third kappa shape index (κ3) is 9.63. The van der Waals surface area contributed by atoms with Crippen molar-refractivity contribution in [3.63, 3.8) is 0 Å². The Morgan fingerprint density at radius 3 is 1.28 bits per heavy atom. The van der Waals surface area contributed by atoms with Crippen molar-refractivity contribution < 1.29 is 42.7 Å². The summed E-state index contributed by atoms with van der Waals surface area (Å²) in [7, 11) is 0. The van der Waals surface area contributed by atoms with E-state index in [9.17, 15) is 19.2 Å². The van der Waals surface area contributed by atoms with E-state index in [4.69, 9.17) is 25.4 Å². The Hall–Kier alpha value is -7.49. The van der Waals surface area contributed by atoms with E-state index in [2.05, 4.69) is 4.98 Å². The number of carbonyl (C=O) groups is 6. The number of rotatable bonds is 12. The number of hydrogen-bond donors (Lipinski definition) is 2. The average molecular weight is 1020 g/mol. The number of benzene rings is 4. The first-order chi connectivity index (χ1) is 35.6. The molecule has 4 aromatic carbocycles. The summed E-state index contributed by atoms with van der Waals surface area (Å²) in [6, 6.07) is 33.4. The van der Waals surface area contributed by atoms with Crippen LogP contribution in [0, 0.1) is 0 Å². The molecule has 4 saturated heterocycles. The van der Waals surface area contributed by atoms with E-state index < -0.39 is 57.4 Å². The second kappa shape index (κ2) is 20.0. The van der Waals surface area contributed by atoms with Gasteiger partial charge in [-0.15, -0.1) is 0 Å². The zero-order valence-electron chi connectivity index (χ0n) is 43.9. The number of oxazole rings is 1. The molecular weight excluding hydrogens is 951 g/mol. The maximum absolute atomic E-state index is 15.4. The van der Waals surface area contributed by atoms with Crippen LogP contribution in [0.3, 0.4) is 0 Å². The fourth-order valence-corrected chi connectivity index (χ4v) is 12.2. The Balaban J connectivity index is 0.976. The molecule has 1 aromatic heterocycles. The van der Waals surface area contributed by atoms with Gasteiger partial charge in [-0.1, -0.05) is 97.1 Å². The molecule has 5 heterocycles. The van der Waals surface area contributed by atoms with Crippen molar-refractivity contribution in [1.29, 1.82) is 0 Å². The fourth-order valence-electron chi connectivity index (χ4n) is 12.2. The number of primary amides is 2. The van der Waals surface area contributed by atoms with Gasteiger partial charge in [0.2, 0.25) is 29.5 Å². The molecule has 2 unspecified atom stereocenters. The van der Waals surface area contributed by atoms with Crippen molar-refractivity contribution in [2.45, 2.75) is 139 Å². The van der Waals surface area contributed by atoms with Crippen LogP contribution in [-0.4, -0.2) is 109 Å². The van der Waals surface area contributed by atoms with E-state index in [-0.39, 0.29) is 37.7 Å². The lowest BCUT2D eigenvalue weighted by Gasteiger charge is -2.45. The quantitative estimate of drug-likeness (QED) is 0.121. The number of ether oxygens (including phenoxy) is 2. The molecule has 16 heteroatoms. The predicted octanol–water partition coefficient (Wildman–Crippen LogP) is 8.64. The third-order valence-electron chi connectivity index (χ3n) is 15.5. The minimum Gasteiger partial charge on any atom is -0.444 e. The summed E-state index contributed by atoms with van der Waals surface area (Å²) in [6.45, 7) is 11.9. The standard InChI is InChI=1S/C59H69N7O9/c1-54(2,3)74-52(71)65-35-13-29-56(65,37-40-17-9-7-10-18-40)50(69)63-33-15-31-58(63,48(60)67)44-25-21-42(22-26-44)46-39-62-47(73-46)43-23-27-45(28-24-43)59(49(61)68)32-16-34-64(59)51(70)57(38-41-19-11-8-12-20-41)30-14-36-66(57)53(72)75-55(4,5)6/h7-12,17-28,39H,13-16,29-38H2,1-6H3,(H2,60,67)(H2,61,68)/t56?,57?,58-,59-/m0/s1. The van der Waals surface area contributed by atoms with Crippen LogP contribution in [0.4, 0.5) is 9.59 Å². The van der Waals surface area contributed by atoms with Crippen LogP contribution in [0.1, 0.15) is 115 Å². The molecule has 0 saturated carbocycles. The molecule has 9 rings (SSSR count). The lowest BCUT2D eigenvalue weighted by atomic mass is 9.82. The van der Waals surface area contributed by atoms with Gasteiger partial charge in [0.1, 0.15) is 33.4 Å². The van der Waals surface area contributed by atoms with Crippen molar-refractivity contribution in [2.24, 2.45) is 11.5 Å². The van der Waals surface area contributed by atoms with Crippen LogP contribution in [-0.2, 0) is 52.6 Å². The Morgan fingerprint density at radius 1 is 0.520 bits per heavy atom. The lowest BCUT2D eigenvalue weighted by molar-refractivity contribution is -0.153. The van der Waals surface area contributed by atoms with Crippen LogP contribution in [0.5, 0.6) is 0 Å². The molecule has 394 valence electrons. The summed E-state index contributed by atoms with van der Waals surface area (Å²) in [5.74, 6) is -1.30. The van der Waals surface area contributed by atoms with Crippen molar-refractivity contribution in [2.75, 3.05) is 26.2 Å². The zero-order valence-corrected chi connectivity index (χ0v) is 43.9. The maximum atomic E-state index is 15.4. The van der Waals surface area contributed by atoms with Gasteiger partial charge >= 0.3 is 12.2 Å². The molecule has 6 amide bonds. The molecule has 4 N–H and O–H groups in total. The van der Waals surface area contributed by atoms with Crippen LogP contribution in [0.25, 0.3) is 22.8 Å². The van der Waals surface area contributed by atoms with E-state index >= 15 is 9.59 Å². The van der Waals surface area contributed by atoms with Crippen molar-refractivity contribution in [1.82, 2.24) is 24.6 Å². The predicted molar refractivity (Wildman–Crippen MR) is 281 cm³/mol.